The lowest BCUT2D eigenvalue weighted by Gasteiger charge is -2.11. The van der Waals surface area contributed by atoms with Gasteiger partial charge >= 0.3 is 0 Å². The molecular formula is C11H11N3O4. The van der Waals surface area contributed by atoms with E-state index in [9.17, 15) is 19.5 Å². The summed E-state index contributed by atoms with van der Waals surface area (Å²) in [6.45, 7) is 0. The number of likely N-dealkylation sites (tertiary alicyclic amines) is 1. The number of aromatic nitrogens is 1. The number of rotatable bonds is 2. The van der Waals surface area contributed by atoms with Crippen molar-refractivity contribution in [2.75, 3.05) is 7.05 Å². The first kappa shape index (κ1) is 12.0. The van der Waals surface area contributed by atoms with Crippen LogP contribution in [0.4, 0.5) is 0 Å². The highest BCUT2D eigenvalue weighted by molar-refractivity contribution is 6.08. The Bertz CT molecular complexity index is 529. The first-order chi connectivity index (χ1) is 8.50. The molecule has 94 valence electrons. The van der Waals surface area contributed by atoms with E-state index in [0.29, 0.717) is 0 Å². The fraction of sp³-hybridized carbons (Fsp3) is 0.273. The van der Waals surface area contributed by atoms with Gasteiger partial charge in [-0.15, -0.1) is 0 Å². The molecule has 0 aliphatic carbocycles. The molecule has 0 spiro atoms. The Kier molecular flexibility index (Phi) is 2.97. The normalized spacial score (nSPS) is 19.2. The number of hydrogen-bond acceptors (Lipinski definition) is 5. The van der Waals surface area contributed by atoms with Crippen LogP contribution in [0.5, 0.6) is 5.75 Å². The van der Waals surface area contributed by atoms with Gasteiger partial charge in [-0.05, 0) is 6.07 Å². The second kappa shape index (κ2) is 4.44. The number of likely N-dealkylation sites (N-methyl/N-ethyl adjacent to an activating group) is 1. The van der Waals surface area contributed by atoms with E-state index in [1.165, 1.54) is 19.3 Å². The molecule has 3 amide bonds. The number of amides is 3. The number of nitrogens with one attached hydrogen (secondary N) is 1. The summed E-state index contributed by atoms with van der Waals surface area (Å²) in [4.78, 5) is 39.3. The van der Waals surface area contributed by atoms with Crippen LogP contribution >= 0.6 is 0 Å². The van der Waals surface area contributed by atoms with Gasteiger partial charge in [-0.3, -0.25) is 24.3 Å². The highest BCUT2D eigenvalue weighted by Crippen LogP contribution is 2.16. The van der Waals surface area contributed by atoms with Crippen molar-refractivity contribution in [2.45, 2.75) is 12.5 Å². The maximum Gasteiger partial charge on any atom is 0.255 e. The Balaban J connectivity index is 2.12. The first-order valence-corrected chi connectivity index (χ1v) is 5.25. The largest absolute Gasteiger partial charge is 0.505 e. The van der Waals surface area contributed by atoms with Crippen LogP contribution in [-0.2, 0) is 9.59 Å². The van der Waals surface area contributed by atoms with Crippen molar-refractivity contribution in [3.63, 3.8) is 0 Å². The van der Waals surface area contributed by atoms with Gasteiger partial charge in [0.2, 0.25) is 5.91 Å². The third-order valence-corrected chi connectivity index (χ3v) is 2.73. The summed E-state index contributed by atoms with van der Waals surface area (Å²) in [5, 5.41) is 11.8. The predicted octanol–water partition coefficient (Wildman–Crippen LogP) is -0.726. The molecule has 7 nitrogen and oxygen atoms in total. The zero-order valence-electron chi connectivity index (χ0n) is 9.58. The number of aromatic hydroxyl groups is 1. The van der Waals surface area contributed by atoms with Gasteiger partial charge < -0.3 is 10.4 Å². The molecule has 0 saturated carbocycles. The summed E-state index contributed by atoms with van der Waals surface area (Å²) in [5.41, 5.74) is 0.0137. The molecule has 1 fully saturated rings. The van der Waals surface area contributed by atoms with E-state index in [0.717, 1.165) is 11.1 Å². The molecule has 2 rings (SSSR count). The molecule has 1 aliphatic heterocycles. The van der Waals surface area contributed by atoms with Gasteiger partial charge in [-0.1, -0.05) is 0 Å². The van der Waals surface area contributed by atoms with E-state index >= 15 is 0 Å². The molecule has 0 aromatic carbocycles. The Morgan fingerprint density at radius 3 is 2.83 bits per heavy atom. The van der Waals surface area contributed by atoms with Crippen molar-refractivity contribution < 1.29 is 19.5 Å². The summed E-state index contributed by atoms with van der Waals surface area (Å²) in [7, 11) is 1.36. The molecule has 1 saturated heterocycles. The van der Waals surface area contributed by atoms with Crippen molar-refractivity contribution >= 4 is 17.7 Å². The van der Waals surface area contributed by atoms with Crippen LogP contribution in [-0.4, -0.2) is 45.8 Å². The third-order valence-electron chi connectivity index (χ3n) is 2.73. The Hall–Kier alpha value is -2.44. The van der Waals surface area contributed by atoms with E-state index in [2.05, 4.69) is 10.3 Å². The minimum Gasteiger partial charge on any atom is -0.505 e. The fourth-order valence-electron chi connectivity index (χ4n) is 1.68. The van der Waals surface area contributed by atoms with Crippen molar-refractivity contribution in [2.24, 2.45) is 0 Å². The van der Waals surface area contributed by atoms with Gasteiger partial charge in [-0.2, -0.15) is 0 Å². The van der Waals surface area contributed by atoms with Crippen LogP contribution in [0.25, 0.3) is 0 Å². The van der Waals surface area contributed by atoms with Crippen molar-refractivity contribution in [3.8, 4) is 5.75 Å². The van der Waals surface area contributed by atoms with E-state index in [-0.39, 0.29) is 23.6 Å². The lowest BCUT2D eigenvalue weighted by molar-refractivity contribution is -0.137. The minimum absolute atomic E-state index is 0.0137. The molecule has 1 aromatic heterocycles. The van der Waals surface area contributed by atoms with Gasteiger partial charge in [0.05, 0.1) is 18.2 Å². The average Bonchev–Trinajstić information content (AvgIpc) is 2.57. The van der Waals surface area contributed by atoms with Gasteiger partial charge in [0, 0.05) is 13.2 Å². The maximum atomic E-state index is 11.8. The summed E-state index contributed by atoms with van der Waals surface area (Å²) in [5.74, 6) is -1.69. The minimum atomic E-state index is -0.873. The number of imide groups is 1. The van der Waals surface area contributed by atoms with Gasteiger partial charge in [-0.25, -0.2) is 0 Å². The summed E-state index contributed by atoms with van der Waals surface area (Å²) < 4.78 is 0. The molecule has 1 aliphatic rings. The molecule has 7 heteroatoms. The highest BCUT2D eigenvalue weighted by atomic mass is 16.3. The van der Waals surface area contributed by atoms with Crippen LogP contribution in [0, 0.1) is 0 Å². The number of hydrogen-bond donors (Lipinski definition) is 2. The zero-order valence-corrected chi connectivity index (χ0v) is 9.58. The van der Waals surface area contributed by atoms with E-state index in [1.807, 2.05) is 0 Å². The number of nitrogens with zero attached hydrogens (tertiary/aromatic N) is 2. The molecular weight excluding hydrogens is 238 g/mol. The molecule has 2 heterocycles. The van der Waals surface area contributed by atoms with Gasteiger partial charge in [0.15, 0.2) is 0 Å². The first-order valence-electron chi connectivity index (χ1n) is 5.25. The van der Waals surface area contributed by atoms with Crippen LogP contribution in [0.1, 0.15) is 16.8 Å². The number of pyridine rings is 1. The SMILES string of the molecule is CN1C(=O)CC(NC(=O)c2ccncc2O)C1=O. The lowest BCUT2D eigenvalue weighted by Crippen LogP contribution is -2.40. The second-order valence-electron chi connectivity index (χ2n) is 3.91. The monoisotopic (exact) mass is 249 g/mol. The zero-order chi connectivity index (χ0) is 13.3. The van der Waals surface area contributed by atoms with Crippen LogP contribution in [0.2, 0.25) is 0 Å². The summed E-state index contributed by atoms with van der Waals surface area (Å²) in [6, 6.07) is 0.456. The fourth-order valence-corrected chi connectivity index (χ4v) is 1.68. The van der Waals surface area contributed by atoms with E-state index in [1.54, 1.807) is 0 Å². The van der Waals surface area contributed by atoms with Crippen molar-refractivity contribution in [1.82, 2.24) is 15.2 Å². The Morgan fingerprint density at radius 2 is 2.28 bits per heavy atom. The molecule has 1 unspecified atom stereocenters. The number of carbonyl (C=O) groups excluding carboxylic acids is 3. The molecule has 18 heavy (non-hydrogen) atoms. The van der Waals surface area contributed by atoms with Crippen LogP contribution in [0.3, 0.4) is 0 Å². The standard InChI is InChI=1S/C11H11N3O4/c1-14-9(16)4-7(11(14)18)13-10(17)6-2-3-12-5-8(6)15/h2-3,5,7,15H,4H2,1H3,(H,13,17). The predicted molar refractivity (Wildman–Crippen MR) is 59.6 cm³/mol. The van der Waals surface area contributed by atoms with Gasteiger partial charge in [0.1, 0.15) is 11.8 Å². The van der Waals surface area contributed by atoms with Crippen LogP contribution < -0.4 is 5.32 Å². The molecule has 1 aromatic rings. The smallest absolute Gasteiger partial charge is 0.255 e. The van der Waals surface area contributed by atoms with E-state index < -0.39 is 17.9 Å². The third kappa shape index (κ3) is 2.02. The molecule has 1 atom stereocenters. The Labute approximate surface area is 102 Å². The topological polar surface area (TPSA) is 99.6 Å². The number of carbonyl (C=O) groups is 3. The van der Waals surface area contributed by atoms with Gasteiger partial charge in [0.25, 0.3) is 11.8 Å². The molecule has 0 radical (unpaired) electrons. The average molecular weight is 249 g/mol. The maximum absolute atomic E-state index is 11.8. The van der Waals surface area contributed by atoms with Crippen LogP contribution in [0.15, 0.2) is 18.5 Å². The van der Waals surface area contributed by atoms with E-state index in [4.69, 9.17) is 0 Å². The summed E-state index contributed by atoms with van der Waals surface area (Å²) >= 11 is 0. The van der Waals surface area contributed by atoms with Crippen molar-refractivity contribution in [1.29, 1.82) is 0 Å². The lowest BCUT2D eigenvalue weighted by atomic mass is 10.2. The molecule has 0 bridgehead atoms. The highest BCUT2D eigenvalue weighted by Gasteiger charge is 2.37. The van der Waals surface area contributed by atoms with Crippen molar-refractivity contribution in [3.05, 3.63) is 24.0 Å². The summed E-state index contributed by atoms with van der Waals surface area (Å²) in [6.07, 6.45) is 2.41. The molecule has 2 N–H and O–H groups in total. The second-order valence-corrected chi connectivity index (χ2v) is 3.91. The Morgan fingerprint density at radius 1 is 1.56 bits per heavy atom. The quantitative estimate of drug-likeness (QED) is 0.673.